The van der Waals surface area contributed by atoms with E-state index >= 15 is 0 Å². The van der Waals surface area contributed by atoms with Crippen LogP contribution >= 0.6 is 0 Å². The van der Waals surface area contributed by atoms with E-state index in [9.17, 15) is 9.18 Å². The summed E-state index contributed by atoms with van der Waals surface area (Å²) < 4.78 is 19.3. The number of carbonyl (C=O) groups excluding carboxylic acids is 1. The fourth-order valence-electron chi connectivity index (χ4n) is 4.95. The Bertz CT molecular complexity index is 1120. The molecule has 0 N–H and O–H groups in total. The van der Waals surface area contributed by atoms with Crippen LogP contribution in [0.2, 0.25) is 0 Å². The summed E-state index contributed by atoms with van der Waals surface area (Å²) in [6, 6.07) is 10.3. The van der Waals surface area contributed by atoms with Gasteiger partial charge in [-0.2, -0.15) is 4.98 Å². The summed E-state index contributed by atoms with van der Waals surface area (Å²) in [4.78, 5) is 25.7. The maximum Gasteiger partial charge on any atom is 0.258 e. The topological polar surface area (TPSA) is 75.4 Å². The number of hydrogen-bond acceptors (Lipinski definition) is 6. The predicted molar refractivity (Wildman–Crippen MR) is 113 cm³/mol. The maximum atomic E-state index is 14.0. The number of fused-ring (bicyclic) bond motifs is 1. The normalized spacial score (nSPS) is 22.7. The number of aryl methyl sites for hydroxylation is 1. The molecule has 8 heteroatoms. The highest BCUT2D eigenvalue weighted by atomic mass is 19.1. The van der Waals surface area contributed by atoms with E-state index in [1.807, 2.05) is 30.0 Å². The van der Waals surface area contributed by atoms with E-state index in [0.717, 1.165) is 30.0 Å². The van der Waals surface area contributed by atoms with Gasteiger partial charge in [0, 0.05) is 49.7 Å². The molecule has 0 aliphatic carbocycles. The van der Waals surface area contributed by atoms with Gasteiger partial charge in [0.2, 0.25) is 5.91 Å². The predicted octanol–water partition coefficient (Wildman–Crippen LogP) is 3.63. The third-order valence-corrected chi connectivity index (χ3v) is 6.32. The zero-order valence-corrected chi connectivity index (χ0v) is 17.5. The highest BCUT2D eigenvalue weighted by molar-refractivity contribution is 5.77. The van der Waals surface area contributed by atoms with Gasteiger partial charge >= 0.3 is 0 Å². The van der Waals surface area contributed by atoms with Gasteiger partial charge in [-0.25, -0.2) is 9.37 Å². The van der Waals surface area contributed by atoms with Crippen molar-refractivity contribution in [1.82, 2.24) is 20.0 Å². The second kappa shape index (κ2) is 7.76. The second-order valence-electron chi connectivity index (χ2n) is 8.28. The van der Waals surface area contributed by atoms with Crippen molar-refractivity contribution in [2.45, 2.75) is 26.3 Å². The van der Waals surface area contributed by atoms with E-state index in [2.05, 4.69) is 20.0 Å². The first-order valence-electron chi connectivity index (χ1n) is 10.6. The Morgan fingerprint density at radius 1 is 1.23 bits per heavy atom. The van der Waals surface area contributed by atoms with Crippen molar-refractivity contribution >= 4 is 11.7 Å². The molecule has 160 valence electrons. The van der Waals surface area contributed by atoms with Crippen LogP contribution in [0.3, 0.4) is 0 Å². The molecular formula is C23H24FN5O2. The van der Waals surface area contributed by atoms with Crippen LogP contribution in [-0.4, -0.2) is 45.6 Å². The lowest BCUT2D eigenvalue weighted by molar-refractivity contribution is -0.132. The summed E-state index contributed by atoms with van der Waals surface area (Å²) in [5, 5.41) is 3.86. The number of carbonyl (C=O) groups is 1. The molecule has 2 saturated heterocycles. The summed E-state index contributed by atoms with van der Waals surface area (Å²) in [6.07, 6.45) is 2.19. The first-order valence-corrected chi connectivity index (χ1v) is 10.6. The van der Waals surface area contributed by atoms with Crippen LogP contribution in [0.4, 0.5) is 10.2 Å². The minimum atomic E-state index is -0.274. The van der Waals surface area contributed by atoms with Crippen LogP contribution in [0.15, 0.2) is 47.1 Å². The zero-order chi connectivity index (χ0) is 21.5. The number of halogens is 1. The summed E-state index contributed by atoms with van der Waals surface area (Å²) in [5.74, 6) is 2.26. The molecule has 7 nitrogen and oxygen atoms in total. The van der Waals surface area contributed by atoms with Crippen LogP contribution in [-0.2, 0) is 4.79 Å². The molecule has 0 unspecified atom stereocenters. The van der Waals surface area contributed by atoms with E-state index in [0.29, 0.717) is 30.6 Å². The molecular weight excluding hydrogens is 397 g/mol. The fraction of sp³-hybridized carbons (Fsp3) is 0.391. The summed E-state index contributed by atoms with van der Waals surface area (Å²) in [7, 11) is 0. The molecule has 2 aromatic heterocycles. The number of amides is 1. The van der Waals surface area contributed by atoms with Crippen molar-refractivity contribution in [2.24, 2.45) is 11.8 Å². The van der Waals surface area contributed by atoms with Gasteiger partial charge in [0.1, 0.15) is 11.6 Å². The Kier molecular flexibility index (Phi) is 4.92. The van der Waals surface area contributed by atoms with Crippen molar-refractivity contribution in [2.75, 3.05) is 24.5 Å². The highest BCUT2D eigenvalue weighted by Gasteiger charge is 2.49. The average molecular weight is 421 g/mol. The highest BCUT2D eigenvalue weighted by Crippen LogP contribution is 2.46. The van der Waals surface area contributed by atoms with Crippen molar-refractivity contribution in [1.29, 1.82) is 0 Å². The first kappa shape index (κ1) is 19.7. The van der Waals surface area contributed by atoms with Crippen LogP contribution in [0, 0.1) is 24.6 Å². The molecule has 31 heavy (non-hydrogen) atoms. The van der Waals surface area contributed by atoms with Gasteiger partial charge in [0.15, 0.2) is 5.82 Å². The Morgan fingerprint density at radius 3 is 2.84 bits per heavy atom. The minimum absolute atomic E-state index is 0.113. The van der Waals surface area contributed by atoms with Crippen molar-refractivity contribution in [3.63, 3.8) is 0 Å². The minimum Gasteiger partial charge on any atom is -0.356 e. The van der Waals surface area contributed by atoms with E-state index in [1.54, 1.807) is 25.3 Å². The molecule has 2 fully saturated rings. The molecule has 0 spiro atoms. The number of anilines is 1. The molecule has 1 aromatic carbocycles. The Hall–Kier alpha value is -3.29. The van der Waals surface area contributed by atoms with Gasteiger partial charge in [0.25, 0.3) is 5.89 Å². The number of benzene rings is 1. The summed E-state index contributed by atoms with van der Waals surface area (Å²) in [5.41, 5.74) is 1.69. The second-order valence-corrected chi connectivity index (χ2v) is 8.28. The monoisotopic (exact) mass is 421 g/mol. The number of likely N-dealkylation sites (tertiary alicyclic amines) is 1. The SMILES string of the molecule is CCC(=O)N1C[C@@H]2CN(c3cc(-c4nc(C)no4)ccn3)C[C@@H]2[C@@H]1c1cccc(F)c1. The van der Waals surface area contributed by atoms with Crippen LogP contribution in [0.25, 0.3) is 11.5 Å². The Morgan fingerprint density at radius 2 is 2.10 bits per heavy atom. The third-order valence-electron chi connectivity index (χ3n) is 6.32. The van der Waals surface area contributed by atoms with E-state index in [4.69, 9.17) is 4.52 Å². The van der Waals surface area contributed by atoms with Crippen molar-refractivity contribution in [3.8, 4) is 11.5 Å². The molecule has 4 heterocycles. The molecule has 5 rings (SSSR count). The molecule has 1 amide bonds. The Labute approximate surface area is 179 Å². The van der Waals surface area contributed by atoms with Gasteiger partial charge in [-0.3, -0.25) is 4.79 Å². The lowest BCUT2D eigenvalue weighted by Crippen LogP contribution is -2.35. The van der Waals surface area contributed by atoms with Crippen LogP contribution in [0.5, 0.6) is 0 Å². The number of hydrogen-bond donors (Lipinski definition) is 0. The quantitative estimate of drug-likeness (QED) is 0.641. The molecule has 3 aromatic rings. The number of aromatic nitrogens is 3. The zero-order valence-electron chi connectivity index (χ0n) is 17.5. The lowest BCUT2D eigenvalue weighted by atomic mass is 9.89. The van der Waals surface area contributed by atoms with Gasteiger partial charge in [-0.1, -0.05) is 24.2 Å². The van der Waals surface area contributed by atoms with E-state index < -0.39 is 0 Å². The number of nitrogens with zero attached hydrogens (tertiary/aromatic N) is 5. The largest absolute Gasteiger partial charge is 0.356 e. The maximum absolute atomic E-state index is 14.0. The molecule has 0 bridgehead atoms. The molecule has 2 aliphatic heterocycles. The molecule has 0 radical (unpaired) electrons. The average Bonchev–Trinajstić information content (AvgIpc) is 3.47. The van der Waals surface area contributed by atoms with Crippen molar-refractivity contribution < 1.29 is 13.7 Å². The molecule has 0 saturated carbocycles. The van der Waals surface area contributed by atoms with Crippen LogP contribution < -0.4 is 4.90 Å². The summed E-state index contributed by atoms with van der Waals surface area (Å²) >= 11 is 0. The number of rotatable bonds is 4. The molecule has 2 aliphatic rings. The van der Waals surface area contributed by atoms with Gasteiger partial charge in [-0.15, -0.1) is 0 Å². The van der Waals surface area contributed by atoms with Gasteiger partial charge < -0.3 is 14.3 Å². The molecule has 3 atom stereocenters. The third kappa shape index (κ3) is 3.56. The summed E-state index contributed by atoms with van der Waals surface area (Å²) in [6.45, 7) is 5.88. The van der Waals surface area contributed by atoms with E-state index in [1.165, 1.54) is 6.07 Å². The lowest BCUT2D eigenvalue weighted by Gasteiger charge is -2.30. The van der Waals surface area contributed by atoms with Gasteiger partial charge in [0.05, 0.1) is 6.04 Å². The fourth-order valence-corrected chi connectivity index (χ4v) is 4.95. The standard InChI is InChI=1S/C23H24FN5O2/c1-3-21(30)29-12-17-11-28(13-19(17)22(29)15-5-4-6-18(24)9-15)20-10-16(7-8-25-20)23-26-14(2)27-31-23/h4-10,17,19,22H,3,11-13H2,1-2H3/t17-,19-,22-/m0/s1. The number of pyridine rings is 1. The van der Waals surface area contributed by atoms with E-state index in [-0.39, 0.29) is 23.7 Å². The first-order chi connectivity index (χ1) is 15.0. The van der Waals surface area contributed by atoms with Crippen LogP contribution in [0.1, 0.15) is 30.8 Å². The Balaban J connectivity index is 1.43. The van der Waals surface area contributed by atoms with Gasteiger partial charge in [-0.05, 0) is 36.8 Å². The smallest absolute Gasteiger partial charge is 0.258 e. The van der Waals surface area contributed by atoms with Crippen molar-refractivity contribution in [3.05, 3.63) is 59.8 Å².